The molecule has 0 bridgehead atoms. The van der Waals surface area contributed by atoms with E-state index in [1.165, 1.54) is 0 Å². The maximum Gasteiger partial charge on any atom is 0.118 e. The van der Waals surface area contributed by atoms with E-state index in [0.29, 0.717) is 6.42 Å². The van der Waals surface area contributed by atoms with Crippen molar-refractivity contribution in [3.63, 3.8) is 0 Å². The number of rotatable bonds is 6. The largest absolute Gasteiger partial charge is 0.497 e. The van der Waals surface area contributed by atoms with E-state index in [4.69, 9.17) is 4.74 Å². The van der Waals surface area contributed by atoms with Gasteiger partial charge in [-0.25, -0.2) is 0 Å². The van der Waals surface area contributed by atoms with Gasteiger partial charge in [0.05, 0.1) is 24.8 Å². The zero-order chi connectivity index (χ0) is 15.1. The van der Waals surface area contributed by atoms with Crippen LogP contribution in [-0.4, -0.2) is 23.8 Å². The summed E-state index contributed by atoms with van der Waals surface area (Å²) in [7, 11) is 1.62. The molecule has 0 saturated carbocycles. The van der Waals surface area contributed by atoms with E-state index in [9.17, 15) is 10.4 Å². The van der Waals surface area contributed by atoms with Gasteiger partial charge in [0.25, 0.3) is 0 Å². The molecule has 1 aromatic carbocycles. The Labute approximate surface area is 124 Å². The monoisotopic (exact) mass is 282 g/mol. The molecule has 0 aliphatic carbocycles. The van der Waals surface area contributed by atoms with Crippen LogP contribution in [0.2, 0.25) is 0 Å². The third-order valence-electron chi connectivity index (χ3n) is 3.53. The van der Waals surface area contributed by atoms with Crippen molar-refractivity contribution in [2.45, 2.75) is 18.3 Å². The van der Waals surface area contributed by atoms with Gasteiger partial charge in [0, 0.05) is 18.7 Å². The highest BCUT2D eigenvalue weighted by molar-refractivity contribution is 5.34. The quantitative estimate of drug-likeness (QED) is 0.884. The van der Waals surface area contributed by atoms with Gasteiger partial charge in [-0.3, -0.25) is 4.98 Å². The Bertz CT molecular complexity index is 590. The fraction of sp³-hybridized carbons (Fsp3) is 0.294. The molecule has 21 heavy (non-hydrogen) atoms. The van der Waals surface area contributed by atoms with Crippen LogP contribution in [0.3, 0.4) is 0 Å². The van der Waals surface area contributed by atoms with Crippen LogP contribution in [0.5, 0.6) is 5.75 Å². The van der Waals surface area contributed by atoms with Gasteiger partial charge in [-0.1, -0.05) is 18.2 Å². The summed E-state index contributed by atoms with van der Waals surface area (Å²) in [5.41, 5.74) is 1.73. The number of ether oxygens (including phenoxy) is 1. The first-order chi connectivity index (χ1) is 10.3. The molecule has 0 aliphatic rings. The molecule has 2 atom stereocenters. The lowest BCUT2D eigenvalue weighted by Crippen LogP contribution is -2.13. The van der Waals surface area contributed by atoms with Gasteiger partial charge in [-0.15, -0.1) is 0 Å². The van der Waals surface area contributed by atoms with E-state index in [2.05, 4.69) is 11.1 Å². The number of aliphatic hydroxyl groups is 1. The Morgan fingerprint density at radius 1 is 1.24 bits per heavy atom. The van der Waals surface area contributed by atoms with E-state index < -0.39 is 0 Å². The number of nitriles is 1. The van der Waals surface area contributed by atoms with Gasteiger partial charge in [0.15, 0.2) is 0 Å². The molecule has 2 rings (SSSR count). The van der Waals surface area contributed by atoms with E-state index in [0.717, 1.165) is 17.0 Å². The second-order valence-corrected chi connectivity index (χ2v) is 4.75. The molecule has 2 aromatic rings. The molecule has 0 aliphatic heterocycles. The van der Waals surface area contributed by atoms with Crippen molar-refractivity contribution in [1.29, 1.82) is 5.26 Å². The summed E-state index contributed by atoms with van der Waals surface area (Å²) < 4.78 is 5.15. The fourth-order valence-corrected chi connectivity index (χ4v) is 2.44. The summed E-state index contributed by atoms with van der Waals surface area (Å²) in [5.74, 6) is 0.292. The molecule has 0 unspecified atom stereocenters. The van der Waals surface area contributed by atoms with Crippen molar-refractivity contribution in [3.05, 3.63) is 59.9 Å². The van der Waals surface area contributed by atoms with Crippen molar-refractivity contribution in [3.8, 4) is 11.8 Å². The summed E-state index contributed by atoms with van der Waals surface area (Å²) in [4.78, 5) is 4.28. The van der Waals surface area contributed by atoms with Gasteiger partial charge < -0.3 is 9.84 Å². The second-order valence-electron chi connectivity index (χ2n) is 4.75. The lowest BCUT2D eigenvalue weighted by molar-refractivity contribution is 0.271. The Morgan fingerprint density at radius 3 is 2.52 bits per heavy atom. The van der Waals surface area contributed by atoms with Crippen LogP contribution in [0, 0.1) is 11.3 Å². The predicted molar refractivity (Wildman–Crippen MR) is 80.0 cm³/mol. The summed E-state index contributed by atoms with van der Waals surface area (Å²) >= 11 is 0. The van der Waals surface area contributed by atoms with Crippen molar-refractivity contribution in [1.82, 2.24) is 4.98 Å². The highest BCUT2D eigenvalue weighted by Gasteiger charge is 2.25. The zero-order valence-electron chi connectivity index (χ0n) is 11.9. The van der Waals surface area contributed by atoms with Crippen molar-refractivity contribution >= 4 is 0 Å². The smallest absolute Gasteiger partial charge is 0.118 e. The Morgan fingerprint density at radius 2 is 2.00 bits per heavy atom. The van der Waals surface area contributed by atoms with E-state index >= 15 is 0 Å². The highest BCUT2D eigenvalue weighted by Crippen LogP contribution is 2.34. The van der Waals surface area contributed by atoms with Gasteiger partial charge in [-0.05, 0) is 36.2 Å². The minimum Gasteiger partial charge on any atom is -0.497 e. The molecule has 1 aromatic heterocycles. The Balaban J connectivity index is 2.34. The van der Waals surface area contributed by atoms with Gasteiger partial charge >= 0.3 is 0 Å². The third-order valence-corrected chi connectivity index (χ3v) is 3.53. The van der Waals surface area contributed by atoms with E-state index in [-0.39, 0.29) is 18.4 Å². The molecule has 4 nitrogen and oxygen atoms in total. The van der Waals surface area contributed by atoms with Crippen LogP contribution in [-0.2, 0) is 0 Å². The number of hydrogen-bond donors (Lipinski definition) is 1. The number of aromatic nitrogens is 1. The summed E-state index contributed by atoms with van der Waals surface area (Å²) in [6.07, 6.45) is 2.20. The van der Waals surface area contributed by atoms with Crippen LogP contribution in [0.15, 0.2) is 48.7 Å². The summed E-state index contributed by atoms with van der Waals surface area (Å²) in [6.45, 7) is 0.0295. The SMILES string of the molecule is COc1ccc([C@H](CCO)[C@H](C#N)c2ccccn2)cc1. The van der Waals surface area contributed by atoms with Crippen LogP contribution in [0.25, 0.3) is 0 Å². The van der Waals surface area contributed by atoms with Crippen molar-refractivity contribution in [2.75, 3.05) is 13.7 Å². The van der Waals surface area contributed by atoms with Gasteiger partial charge in [0.2, 0.25) is 0 Å². The zero-order valence-corrected chi connectivity index (χ0v) is 11.9. The van der Waals surface area contributed by atoms with E-state index in [1.807, 2.05) is 42.5 Å². The normalized spacial score (nSPS) is 13.2. The molecule has 4 heteroatoms. The number of aliphatic hydroxyl groups excluding tert-OH is 1. The first-order valence-electron chi connectivity index (χ1n) is 6.85. The van der Waals surface area contributed by atoms with Gasteiger partial charge in [0.1, 0.15) is 5.75 Å². The van der Waals surface area contributed by atoms with Crippen LogP contribution >= 0.6 is 0 Å². The summed E-state index contributed by atoms with van der Waals surface area (Å²) in [6, 6.07) is 15.5. The average molecular weight is 282 g/mol. The predicted octanol–water partition coefficient (Wildman–Crippen LogP) is 2.86. The van der Waals surface area contributed by atoms with Crippen molar-refractivity contribution < 1.29 is 9.84 Å². The number of hydrogen-bond acceptors (Lipinski definition) is 4. The molecule has 0 radical (unpaired) electrons. The average Bonchev–Trinajstić information content (AvgIpc) is 2.56. The molecular weight excluding hydrogens is 264 g/mol. The molecule has 0 amide bonds. The maximum absolute atomic E-state index is 9.54. The lowest BCUT2D eigenvalue weighted by atomic mass is 9.82. The second kappa shape index (κ2) is 7.41. The number of benzene rings is 1. The van der Waals surface area contributed by atoms with Crippen molar-refractivity contribution in [2.24, 2.45) is 0 Å². The van der Waals surface area contributed by atoms with Crippen LogP contribution in [0.4, 0.5) is 0 Å². The Kier molecular flexibility index (Phi) is 5.30. The molecule has 0 fully saturated rings. The maximum atomic E-state index is 9.54. The van der Waals surface area contributed by atoms with Gasteiger partial charge in [-0.2, -0.15) is 5.26 Å². The lowest BCUT2D eigenvalue weighted by Gasteiger charge is -2.21. The van der Waals surface area contributed by atoms with Crippen LogP contribution in [0.1, 0.15) is 29.5 Å². The fourth-order valence-electron chi connectivity index (χ4n) is 2.44. The highest BCUT2D eigenvalue weighted by atomic mass is 16.5. The third kappa shape index (κ3) is 3.59. The number of nitrogens with zero attached hydrogens (tertiary/aromatic N) is 2. The first-order valence-corrected chi connectivity index (χ1v) is 6.85. The minimum absolute atomic E-state index is 0.0295. The Hall–Kier alpha value is -2.38. The minimum atomic E-state index is -0.383. The topological polar surface area (TPSA) is 66.1 Å². The van der Waals surface area contributed by atoms with E-state index in [1.54, 1.807) is 13.3 Å². The molecule has 0 spiro atoms. The molecule has 108 valence electrons. The molecule has 0 saturated heterocycles. The number of methoxy groups -OCH3 is 1. The molecular formula is C17H18N2O2. The number of pyridine rings is 1. The molecule has 1 N–H and O–H groups in total. The van der Waals surface area contributed by atoms with Crippen LogP contribution < -0.4 is 4.74 Å². The molecule has 1 heterocycles. The first kappa shape index (κ1) is 15.0. The standard InChI is InChI=1S/C17H18N2O2/c1-21-14-7-5-13(6-8-14)15(9-11-20)16(12-18)17-4-2-3-10-19-17/h2-8,10,15-16,20H,9,11H2,1H3/t15-,16-/m0/s1. The summed E-state index contributed by atoms with van der Waals surface area (Å²) in [5, 5.41) is 18.9.